The minimum absolute atomic E-state index is 0.00511. The van der Waals surface area contributed by atoms with Gasteiger partial charge in [0, 0.05) is 58.5 Å². The predicted octanol–water partition coefficient (Wildman–Crippen LogP) is 10.7. The molecule has 1 saturated heterocycles. The van der Waals surface area contributed by atoms with E-state index in [0.717, 1.165) is 38.7 Å². The molecule has 1 aromatic heterocycles. The summed E-state index contributed by atoms with van der Waals surface area (Å²) in [4.78, 5) is 63.2. The molecule has 3 heterocycles. The molecule has 368 valence electrons. The van der Waals surface area contributed by atoms with Crippen LogP contribution < -0.4 is 21.3 Å². The molecule has 1 amide bonds. The number of carbonyl (C=O) groups excluding carboxylic acids is 4. The van der Waals surface area contributed by atoms with Crippen LogP contribution >= 0.6 is 31.9 Å². The average molecular weight is 1100 g/mol. The number of fused-ring (bicyclic) bond motifs is 8. The molecule has 4 aliphatic rings. The summed E-state index contributed by atoms with van der Waals surface area (Å²) in [6.07, 6.45) is 1.36. The number of anilines is 1. The fraction of sp³-hybridized carbons (Fsp3) is 0.250. The summed E-state index contributed by atoms with van der Waals surface area (Å²) < 4.78 is 29.7. The van der Waals surface area contributed by atoms with Gasteiger partial charge in [-0.2, -0.15) is 0 Å². The van der Waals surface area contributed by atoms with Gasteiger partial charge in [0.05, 0.1) is 29.8 Å². The molecule has 0 spiro atoms. The number of aryl methyl sites for hydroxylation is 1. The van der Waals surface area contributed by atoms with Gasteiger partial charge < -0.3 is 34.7 Å². The Kier molecular flexibility index (Phi) is 15.8. The van der Waals surface area contributed by atoms with Crippen LogP contribution in [0.4, 0.5) is 15.3 Å². The highest BCUT2D eigenvalue weighted by Crippen LogP contribution is 2.46. The van der Waals surface area contributed by atoms with Crippen molar-refractivity contribution in [2.24, 2.45) is 11.8 Å². The summed E-state index contributed by atoms with van der Waals surface area (Å²) in [7, 11) is 0. The molecule has 72 heavy (non-hydrogen) atoms. The fourth-order valence-electron chi connectivity index (χ4n) is 9.68. The van der Waals surface area contributed by atoms with E-state index in [2.05, 4.69) is 95.4 Å². The van der Waals surface area contributed by atoms with Crippen molar-refractivity contribution in [2.75, 3.05) is 38.7 Å². The Balaban J connectivity index is 0.000000151. The summed E-state index contributed by atoms with van der Waals surface area (Å²) in [6.45, 7) is 2.34. The molecule has 2 aliphatic heterocycles. The second-order valence-corrected chi connectivity index (χ2v) is 19.6. The topological polar surface area (TPSA) is 187 Å². The van der Waals surface area contributed by atoms with Gasteiger partial charge in [-0.1, -0.05) is 129 Å². The van der Waals surface area contributed by atoms with Crippen LogP contribution in [0.5, 0.6) is 5.75 Å². The zero-order valence-corrected chi connectivity index (χ0v) is 42.1. The first-order chi connectivity index (χ1) is 35.0. The summed E-state index contributed by atoms with van der Waals surface area (Å²) in [6, 6.07) is 43.4. The predicted molar refractivity (Wildman–Crippen MR) is 279 cm³/mol. The van der Waals surface area contributed by atoms with Crippen molar-refractivity contribution in [3.05, 3.63) is 181 Å². The monoisotopic (exact) mass is 1100 g/mol. The number of nitrogen functional groups attached to an aromatic ring is 1. The summed E-state index contributed by atoms with van der Waals surface area (Å²) in [5.74, 6) is 1.44. The first kappa shape index (κ1) is 49.7. The van der Waals surface area contributed by atoms with Crippen molar-refractivity contribution in [3.8, 4) is 28.0 Å². The van der Waals surface area contributed by atoms with Gasteiger partial charge in [0.2, 0.25) is 5.91 Å². The van der Waals surface area contributed by atoms with Gasteiger partial charge in [-0.25, -0.2) is 14.6 Å². The van der Waals surface area contributed by atoms with Crippen LogP contribution in [-0.4, -0.2) is 67.2 Å². The molecule has 0 bridgehead atoms. The Hall–Kier alpha value is -7.30. The number of aromatic nitrogens is 2. The van der Waals surface area contributed by atoms with Crippen molar-refractivity contribution in [3.63, 3.8) is 0 Å². The number of amides is 1. The molecule has 2 unspecified atom stereocenters. The highest BCUT2D eigenvalue weighted by molar-refractivity contribution is 9.10. The molecule has 0 radical (unpaired) electrons. The molecule has 14 nitrogen and oxygen atoms in total. The smallest absolute Gasteiger partial charge is 0.434 e. The van der Waals surface area contributed by atoms with Gasteiger partial charge in [0.25, 0.3) is 12.0 Å². The highest BCUT2D eigenvalue weighted by Gasteiger charge is 2.31. The number of nitrogens with one attached hydrogen (secondary N) is 1. The second-order valence-electron chi connectivity index (χ2n) is 17.8. The summed E-state index contributed by atoms with van der Waals surface area (Å²) >= 11 is 6.66. The third kappa shape index (κ3) is 11.4. The number of halogens is 2. The van der Waals surface area contributed by atoms with Crippen molar-refractivity contribution in [2.45, 2.75) is 44.1 Å². The van der Waals surface area contributed by atoms with E-state index in [9.17, 15) is 24.0 Å². The lowest BCUT2D eigenvalue weighted by atomic mass is 9.98. The minimum Gasteiger partial charge on any atom is -0.434 e. The van der Waals surface area contributed by atoms with Crippen molar-refractivity contribution in [1.29, 1.82) is 0 Å². The lowest BCUT2D eigenvalue weighted by Gasteiger charge is -2.25. The third-order valence-corrected chi connectivity index (χ3v) is 14.2. The summed E-state index contributed by atoms with van der Waals surface area (Å²) in [5, 5.41) is 3.38. The Bertz CT molecular complexity index is 3120. The lowest BCUT2D eigenvalue weighted by Crippen LogP contribution is -2.37. The molecule has 2 aliphatic carbocycles. The zero-order valence-electron chi connectivity index (χ0n) is 39.0. The van der Waals surface area contributed by atoms with Gasteiger partial charge in [0.1, 0.15) is 19.0 Å². The van der Waals surface area contributed by atoms with Crippen LogP contribution in [0.3, 0.4) is 0 Å². The fourth-order valence-corrected chi connectivity index (χ4v) is 10.4. The van der Waals surface area contributed by atoms with Gasteiger partial charge in [-0.15, -0.1) is 0 Å². The molecular weight excluding hydrogens is 1050 g/mol. The number of piperidine rings is 1. The van der Waals surface area contributed by atoms with Crippen LogP contribution in [0.25, 0.3) is 33.2 Å². The number of nitrogens with two attached hydrogens (primary N) is 1. The van der Waals surface area contributed by atoms with Crippen LogP contribution in [-0.2, 0) is 41.5 Å². The molecule has 6 aromatic carbocycles. The quantitative estimate of drug-likeness (QED) is 0.0751. The molecule has 0 saturated carbocycles. The largest absolute Gasteiger partial charge is 0.508 e. The van der Waals surface area contributed by atoms with Crippen molar-refractivity contribution >= 4 is 73.1 Å². The number of hydrogen-bond donors (Lipinski definition) is 2. The van der Waals surface area contributed by atoms with Crippen LogP contribution in [0, 0.1) is 11.8 Å². The van der Waals surface area contributed by atoms with Gasteiger partial charge >= 0.3 is 12.3 Å². The number of benzene rings is 6. The van der Waals surface area contributed by atoms with Crippen molar-refractivity contribution in [1.82, 2.24) is 14.9 Å². The molecule has 1 fully saturated rings. The van der Waals surface area contributed by atoms with E-state index in [-0.39, 0.29) is 61.6 Å². The van der Waals surface area contributed by atoms with E-state index in [1.54, 1.807) is 28.8 Å². The first-order valence-electron chi connectivity index (χ1n) is 23.6. The normalized spacial score (nSPS) is 16.1. The lowest BCUT2D eigenvalue weighted by molar-refractivity contribution is -0.123. The second kappa shape index (κ2) is 22.8. The molecular formula is C56H50Br2N4O10. The zero-order chi connectivity index (χ0) is 50.1. The van der Waals surface area contributed by atoms with Crippen LogP contribution in [0.15, 0.2) is 147 Å². The average Bonchev–Trinajstić information content (AvgIpc) is 3.90. The van der Waals surface area contributed by atoms with Gasteiger partial charge in [-0.3, -0.25) is 19.0 Å². The Morgan fingerprint density at radius 2 is 1.12 bits per heavy atom. The number of hydrogen-bond acceptors (Lipinski definition) is 12. The molecule has 11 rings (SSSR count). The van der Waals surface area contributed by atoms with E-state index in [4.69, 9.17) is 24.7 Å². The molecule has 7 aromatic rings. The Labute approximate surface area is 432 Å². The Morgan fingerprint density at radius 3 is 1.64 bits per heavy atom. The standard InChI is InChI=1S/C28H23BrN2O4.C21H21NO4.C7H6BrNO2/c29-18-10-11-23-25(13-18)30-26-12-9-17(14-31(26)27(23)32)15-34-28(33)35-16-24-21-7-3-1-5-19(21)20-6-2-4-8-22(20)24;23-20-10-9-14(11-22-20)12-25-21(24)26-13-19-17-7-3-1-5-15(17)16-6-2-4-8-18(16)19;8-5-1-2-7(11-4-10)6(9)3-5/h1-8,10-11,13,17,24H,9,12,14-16H2;1-8,14,19H,9-13H2,(H,22,23);1-4H,9H2. The van der Waals surface area contributed by atoms with E-state index in [1.165, 1.54) is 33.4 Å². The maximum Gasteiger partial charge on any atom is 0.508 e. The molecule has 2 atom stereocenters. The minimum atomic E-state index is -0.675. The first-order valence-corrected chi connectivity index (χ1v) is 25.2. The number of rotatable bonds is 10. The number of carbonyl (C=O) groups is 4. The SMILES string of the molecule is Nc1cc(Br)ccc1OC=O.O=C(OCC1CCc2nc3cc(Br)ccc3c(=O)n2C1)OCC1c2ccccc2-c2ccccc21.O=C1CCC(COC(=O)OCC2c3ccccc3-c3ccccc32)CN1. The maximum atomic E-state index is 13.0. The maximum absolute atomic E-state index is 13.0. The van der Waals surface area contributed by atoms with Crippen LogP contribution in [0.2, 0.25) is 0 Å². The van der Waals surface area contributed by atoms with Crippen molar-refractivity contribution < 1.29 is 42.9 Å². The van der Waals surface area contributed by atoms with Gasteiger partial charge in [-0.05, 0) is 93.7 Å². The van der Waals surface area contributed by atoms with E-state index in [1.807, 2.05) is 60.7 Å². The van der Waals surface area contributed by atoms with Crippen LogP contribution in [0.1, 0.15) is 59.2 Å². The van der Waals surface area contributed by atoms with E-state index >= 15 is 0 Å². The number of ether oxygens (including phenoxy) is 5. The highest BCUT2D eigenvalue weighted by atomic mass is 79.9. The molecule has 16 heteroatoms. The summed E-state index contributed by atoms with van der Waals surface area (Å²) in [5.41, 5.74) is 16.0. The Morgan fingerprint density at radius 1 is 0.639 bits per heavy atom. The number of nitrogens with zero attached hydrogens (tertiary/aromatic N) is 2. The third-order valence-electron chi connectivity index (χ3n) is 13.3. The van der Waals surface area contributed by atoms with E-state index in [0.29, 0.717) is 54.7 Å². The van der Waals surface area contributed by atoms with E-state index < -0.39 is 12.3 Å². The van der Waals surface area contributed by atoms with Gasteiger partial charge in [0.15, 0.2) is 5.75 Å². The molecule has 3 N–H and O–H groups in total.